The third-order valence-corrected chi connectivity index (χ3v) is 2.92. The highest BCUT2D eigenvalue weighted by molar-refractivity contribution is 9.10. The average Bonchev–Trinajstić information content (AvgIpc) is 2.36. The number of hydrogen-bond acceptors (Lipinski definition) is 4. The smallest absolute Gasteiger partial charge is 0.174 e. The lowest BCUT2D eigenvalue weighted by atomic mass is 10.1. The highest BCUT2D eigenvalue weighted by Crippen LogP contribution is 2.23. The van der Waals surface area contributed by atoms with Crippen LogP contribution in [-0.2, 0) is 0 Å². The molecular weight excluding hydrogens is 292 g/mol. The van der Waals surface area contributed by atoms with E-state index in [0.29, 0.717) is 16.2 Å². The SMILES string of the molecule is C=Cc1cc(Nc2nc(Br)cnc2N)ccc1C. The van der Waals surface area contributed by atoms with Crippen LogP contribution in [-0.4, -0.2) is 9.97 Å². The van der Waals surface area contributed by atoms with Gasteiger partial charge >= 0.3 is 0 Å². The van der Waals surface area contributed by atoms with Crippen molar-refractivity contribution in [3.05, 3.63) is 46.7 Å². The summed E-state index contributed by atoms with van der Waals surface area (Å²) in [6, 6.07) is 5.97. The second-order valence-corrected chi connectivity index (χ2v) is 4.64. The molecule has 4 nitrogen and oxygen atoms in total. The maximum absolute atomic E-state index is 5.76. The van der Waals surface area contributed by atoms with E-state index in [1.54, 1.807) is 6.20 Å². The van der Waals surface area contributed by atoms with Crippen LogP contribution in [0.2, 0.25) is 0 Å². The van der Waals surface area contributed by atoms with Crippen LogP contribution in [0.25, 0.3) is 6.08 Å². The lowest BCUT2D eigenvalue weighted by molar-refractivity contribution is 1.17. The van der Waals surface area contributed by atoms with Crippen molar-refractivity contribution in [2.24, 2.45) is 0 Å². The zero-order chi connectivity index (χ0) is 13.1. The van der Waals surface area contributed by atoms with Gasteiger partial charge in [0.1, 0.15) is 4.60 Å². The van der Waals surface area contributed by atoms with Gasteiger partial charge < -0.3 is 11.1 Å². The molecule has 2 aromatic rings. The number of aryl methyl sites for hydroxylation is 1. The normalized spacial score (nSPS) is 10.1. The summed E-state index contributed by atoms with van der Waals surface area (Å²) >= 11 is 3.26. The predicted octanol–water partition coefficient (Wildman–Crippen LogP) is 3.52. The first kappa shape index (κ1) is 12.6. The van der Waals surface area contributed by atoms with Gasteiger partial charge in [0, 0.05) is 5.69 Å². The minimum atomic E-state index is 0.360. The third-order valence-electron chi connectivity index (χ3n) is 2.53. The highest BCUT2D eigenvalue weighted by atomic mass is 79.9. The van der Waals surface area contributed by atoms with Crippen LogP contribution < -0.4 is 11.1 Å². The second-order valence-electron chi connectivity index (χ2n) is 3.83. The number of rotatable bonds is 3. The molecule has 0 radical (unpaired) electrons. The van der Waals surface area contributed by atoms with Crippen LogP contribution in [0.15, 0.2) is 35.6 Å². The quantitative estimate of drug-likeness (QED) is 0.910. The number of halogens is 1. The van der Waals surface area contributed by atoms with Gasteiger partial charge in [-0.1, -0.05) is 18.7 Å². The molecule has 0 aliphatic carbocycles. The first-order chi connectivity index (χ1) is 8.60. The van der Waals surface area contributed by atoms with E-state index in [4.69, 9.17) is 5.73 Å². The molecule has 0 unspecified atom stereocenters. The summed E-state index contributed by atoms with van der Waals surface area (Å²) in [5.41, 5.74) is 8.90. The maximum atomic E-state index is 5.76. The van der Waals surface area contributed by atoms with Crippen molar-refractivity contribution in [2.45, 2.75) is 6.92 Å². The van der Waals surface area contributed by atoms with E-state index < -0.39 is 0 Å². The molecule has 92 valence electrons. The molecule has 0 saturated heterocycles. The molecule has 0 aliphatic heterocycles. The topological polar surface area (TPSA) is 63.8 Å². The standard InChI is InChI=1S/C13H13BrN4/c1-3-9-6-10(5-4-8(9)2)17-13-12(15)16-7-11(14)18-13/h3-7H,1H2,2H3,(H2,15,16)(H,17,18). The van der Waals surface area contributed by atoms with E-state index in [2.05, 4.69) is 37.8 Å². The maximum Gasteiger partial charge on any atom is 0.174 e. The van der Waals surface area contributed by atoms with Gasteiger partial charge in [-0.05, 0) is 46.1 Å². The number of benzene rings is 1. The van der Waals surface area contributed by atoms with Gasteiger partial charge in [0.25, 0.3) is 0 Å². The Bertz CT molecular complexity index is 596. The molecule has 1 aromatic carbocycles. The molecule has 3 N–H and O–H groups in total. The lowest BCUT2D eigenvalue weighted by Gasteiger charge is -2.09. The van der Waals surface area contributed by atoms with Crippen LogP contribution >= 0.6 is 15.9 Å². The molecule has 0 atom stereocenters. The Morgan fingerprint density at radius 3 is 2.94 bits per heavy atom. The molecule has 5 heteroatoms. The molecule has 0 spiro atoms. The van der Waals surface area contributed by atoms with Crippen molar-refractivity contribution in [3.63, 3.8) is 0 Å². The number of anilines is 3. The Balaban J connectivity index is 2.34. The molecule has 0 amide bonds. The summed E-state index contributed by atoms with van der Waals surface area (Å²) in [7, 11) is 0. The Kier molecular flexibility index (Phi) is 3.62. The van der Waals surface area contributed by atoms with Crippen LogP contribution in [0.5, 0.6) is 0 Å². The van der Waals surface area contributed by atoms with E-state index in [1.807, 2.05) is 31.2 Å². The molecular formula is C13H13BrN4. The molecule has 18 heavy (non-hydrogen) atoms. The van der Waals surface area contributed by atoms with Crippen LogP contribution in [0.1, 0.15) is 11.1 Å². The minimum absolute atomic E-state index is 0.360. The van der Waals surface area contributed by atoms with Crippen molar-refractivity contribution < 1.29 is 0 Å². The van der Waals surface area contributed by atoms with Crippen LogP contribution in [0.4, 0.5) is 17.3 Å². The number of hydrogen-bond donors (Lipinski definition) is 2. The van der Waals surface area contributed by atoms with E-state index in [-0.39, 0.29) is 0 Å². The average molecular weight is 305 g/mol. The fraction of sp³-hybridized carbons (Fsp3) is 0.0769. The number of aromatic nitrogens is 2. The van der Waals surface area contributed by atoms with Crippen molar-refractivity contribution in [1.29, 1.82) is 0 Å². The molecule has 1 heterocycles. The Hall–Kier alpha value is -1.88. The monoisotopic (exact) mass is 304 g/mol. The summed E-state index contributed by atoms with van der Waals surface area (Å²) in [6.45, 7) is 5.82. The van der Waals surface area contributed by atoms with Gasteiger partial charge in [-0.3, -0.25) is 0 Å². The van der Waals surface area contributed by atoms with Crippen molar-refractivity contribution in [2.75, 3.05) is 11.1 Å². The van der Waals surface area contributed by atoms with Gasteiger partial charge in [-0.25, -0.2) is 9.97 Å². The fourth-order valence-electron chi connectivity index (χ4n) is 1.54. The molecule has 0 aliphatic rings. The first-order valence-electron chi connectivity index (χ1n) is 5.38. The zero-order valence-electron chi connectivity index (χ0n) is 9.94. The first-order valence-corrected chi connectivity index (χ1v) is 6.17. The Morgan fingerprint density at radius 1 is 1.44 bits per heavy atom. The third kappa shape index (κ3) is 2.68. The van der Waals surface area contributed by atoms with Crippen molar-refractivity contribution in [3.8, 4) is 0 Å². The largest absolute Gasteiger partial charge is 0.381 e. The van der Waals surface area contributed by atoms with E-state index in [0.717, 1.165) is 11.3 Å². The van der Waals surface area contributed by atoms with Crippen LogP contribution in [0.3, 0.4) is 0 Å². The van der Waals surface area contributed by atoms with Gasteiger partial charge in [0.15, 0.2) is 11.6 Å². The summed E-state index contributed by atoms with van der Waals surface area (Å²) in [5, 5.41) is 3.14. The summed E-state index contributed by atoms with van der Waals surface area (Å²) < 4.78 is 0.634. The Morgan fingerprint density at radius 2 is 2.22 bits per heavy atom. The number of nitrogen functional groups attached to an aromatic ring is 1. The van der Waals surface area contributed by atoms with E-state index in [9.17, 15) is 0 Å². The predicted molar refractivity (Wildman–Crippen MR) is 78.7 cm³/mol. The van der Waals surface area contributed by atoms with Gasteiger partial charge in [-0.15, -0.1) is 0 Å². The van der Waals surface area contributed by atoms with Gasteiger partial charge in [0.05, 0.1) is 6.20 Å². The molecule has 0 saturated carbocycles. The number of nitrogens with one attached hydrogen (secondary N) is 1. The van der Waals surface area contributed by atoms with Crippen molar-refractivity contribution >= 4 is 39.3 Å². The van der Waals surface area contributed by atoms with Gasteiger partial charge in [-0.2, -0.15) is 0 Å². The molecule has 1 aromatic heterocycles. The van der Waals surface area contributed by atoms with E-state index >= 15 is 0 Å². The summed E-state index contributed by atoms with van der Waals surface area (Å²) in [6.07, 6.45) is 3.38. The number of nitrogens with zero attached hydrogens (tertiary/aromatic N) is 2. The van der Waals surface area contributed by atoms with E-state index in [1.165, 1.54) is 5.56 Å². The summed E-state index contributed by atoms with van der Waals surface area (Å²) in [4.78, 5) is 8.26. The summed E-state index contributed by atoms with van der Waals surface area (Å²) in [5.74, 6) is 0.891. The van der Waals surface area contributed by atoms with Crippen LogP contribution in [0, 0.1) is 6.92 Å². The fourth-order valence-corrected chi connectivity index (χ4v) is 1.82. The lowest BCUT2D eigenvalue weighted by Crippen LogP contribution is -2.02. The zero-order valence-corrected chi connectivity index (χ0v) is 11.5. The Labute approximate surface area is 114 Å². The molecule has 2 rings (SSSR count). The highest BCUT2D eigenvalue weighted by Gasteiger charge is 2.04. The second kappa shape index (κ2) is 5.18. The van der Waals surface area contributed by atoms with Crippen molar-refractivity contribution in [1.82, 2.24) is 9.97 Å². The molecule has 0 bridgehead atoms. The molecule has 0 fully saturated rings. The number of nitrogens with two attached hydrogens (primary N) is 1. The van der Waals surface area contributed by atoms with Gasteiger partial charge in [0.2, 0.25) is 0 Å². The minimum Gasteiger partial charge on any atom is -0.381 e.